The maximum Gasteiger partial charge on any atom is 0.228 e. The van der Waals surface area contributed by atoms with Gasteiger partial charge in [0.05, 0.1) is 12.1 Å². The fourth-order valence-corrected chi connectivity index (χ4v) is 4.86. The van der Waals surface area contributed by atoms with E-state index in [0.717, 1.165) is 29.6 Å². The molecule has 0 radical (unpaired) electrons. The molecule has 0 N–H and O–H groups in total. The van der Waals surface area contributed by atoms with Gasteiger partial charge in [-0.25, -0.2) is 15.0 Å². The van der Waals surface area contributed by atoms with Crippen molar-refractivity contribution in [3.05, 3.63) is 29.5 Å². The lowest BCUT2D eigenvalue weighted by Crippen LogP contribution is -2.50. The molecule has 1 aliphatic carbocycles. The van der Waals surface area contributed by atoms with Crippen LogP contribution < -0.4 is 0 Å². The highest BCUT2D eigenvalue weighted by atomic mass is 32.1. The number of hydrogen-bond donors (Lipinski definition) is 0. The zero-order valence-electron chi connectivity index (χ0n) is 13.7. The molecule has 2 unspecified atom stereocenters. The highest BCUT2D eigenvalue weighted by Gasteiger charge is 2.35. The Morgan fingerprint density at radius 2 is 1.96 bits per heavy atom. The van der Waals surface area contributed by atoms with E-state index in [-0.39, 0.29) is 5.91 Å². The van der Waals surface area contributed by atoms with Gasteiger partial charge < -0.3 is 4.90 Å². The second-order valence-corrected chi connectivity index (χ2v) is 7.59. The number of amides is 1. The summed E-state index contributed by atoms with van der Waals surface area (Å²) in [5.41, 5.74) is 0.838. The first-order valence-corrected chi connectivity index (χ1v) is 9.70. The largest absolute Gasteiger partial charge is 0.339 e. The zero-order chi connectivity index (χ0) is 16.4. The molecule has 1 amide bonds. The van der Waals surface area contributed by atoms with Crippen LogP contribution in [0.25, 0.3) is 10.8 Å². The summed E-state index contributed by atoms with van der Waals surface area (Å²) < 4.78 is 0. The standard InChI is InChI=1S/C18H22N4OS/c23-16(22-10-3-6-13-5-1-2-7-15(13)22)11-14-12-24-18(21-14)17-19-8-4-9-20-17/h4,8-9,12-13,15H,1-3,5-7,10-11H2. The molecule has 1 aliphatic heterocycles. The summed E-state index contributed by atoms with van der Waals surface area (Å²) in [6, 6.07) is 2.26. The number of aromatic nitrogens is 3. The molecule has 3 heterocycles. The van der Waals surface area contributed by atoms with Gasteiger partial charge in [-0.2, -0.15) is 0 Å². The second-order valence-electron chi connectivity index (χ2n) is 6.73. The van der Waals surface area contributed by atoms with Gasteiger partial charge in [-0.15, -0.1) is 11.3 Å². The van der Waals surface area contributed by atoms with Crippen LogP contribution in [0.1, 0.15) is 44.2 Å². The molecule has 0 aromatic carbocycles. The molecule has 5 nitrogen and oxygen atoms in total. The zero-order valence-corrected chi connectivity index (χ0v) is 14.5. The van der Waals surface area contributed by atoms with E-state index < -0.39 is 0 Å². The Labute approximate surface area is 146 Å². The Morgan fingerprint density at radius 3 is 2.83 bits per heavy atom. The first-order valence-electron chi connectivity index (χ1n) is 8.82. The molecule has 2 aromatic rings. The Balaban J connectivity index is 1.45. The number of piperidine rings is 1. The fraction of sp³-hybridized carbons (Fsp3) is 0.556. The number of likely N-dealkylation sites (tertiary alicyclic amines) is 1. The molecule has 0 bridgehead atoms. The lowest BCUT2D eigenvalue weighted by Gasteiger charge is -2.44. The van der Waals surface area contributed by atoms with Crippen molar-refractivity contribution in [2.75, 3.05) is 6.54 Å². The number of carbonyl (C=O) groups is 1. The molecule has 24 heavy (non-hydrogen) atoms. The third-order valence-corrected chi connectivity index (χ3v) is 6.09. The molecule has 0 spiro atoms. The van der Waals surface area contributed by atoms with Crippen molar-refractivity contribution in [2.45, 2.75) is 51.0 Å². The number of nitrogens with zero attached hydrogens (tertiary/aromatic N) is 4. The van der Waals surface area contributed by atoms with Crippen molar-refractivity contribution in [3.8, 4) is 10.8 Å². The Bertz CT molecular complexity index is 700. The first-order chi connectivity index (χ1) is 11.8. The van der Waals surface area contributed by atoms with E-state index in [9.17, 15) is 4.79 Å². The highest BCUT2D eigenvalue weighted by molar-refractivity contribution is 7.13. The normalized spacial score (nSPS) is 23.8. The Hall–Kier alpha value is -1.82. The van der Waals surface area contributed by atoms with E-state index in [1.165, 1.54) is 43.4 Å². The van der Waals surface area contributed by atoms with E-state index in [2.05, 4.69) is 19.9 Å². The Kier molecular flexibility index (Phi) is 4.56. The molecule has 126 valence electrons. The van der Waals surface area contributed by atoms with E-state index in [4.69, 9.17) is 0 Å². The topological polar surface area (TPSA) is 59.0 Å². The first kappa shape index (κ1) is 15.7. The van der Waals surface area contributed by atoms with Crippen molar-refractivity contribution in [1.82, 2.24) is 19.9 Å². The molecule has 1 saturated heterocycles. The number of rotatable bonds is 3. The van der Waals surface area contributed by atoms with Crippen LogP contribution in [0.5, 0.6) is 0 Å². The Morgan fingerprint density at radius 1 is 1.17 bits per heavy atom. The number of carbonyl (C=O) groups excluding carboxylic acids is 1. The van der Waals surface area contributed by atoms with Crippen LogP contribution in [0, 0.1) is 5.92 Å². The second kappa shape index (κ2) is 6.97. The van der Waals surface area contributed by atoms with E-state index in [1.807, 2.05) is 5.38 Å². The van der Waals surface area contributed by atoms with Crippen molar-refractivity contribution >= 4 is 17.2 Å². The average Bonchev–Trinajstić information content (AvgIpc) is 3.10. The SMILES string of the molecule is O=C(Cc1csc(-c2ncccn2)n1)N1CCCC2CCCCC21. The van der Waals surface area contributed by atoms with Crippen LogP contribution in [-0.4, -0.2) is 38.3 Å². The van der Waals surface area contributed by atoms with Gasteiger partial charge in [0.15, 0.2) is 10.8 Å². The minimum absolute atomic E-state index is 0.234. The quantitative estimate of drug-likeness (QED) is 0.858. The molecular formula is C18H22N4OS. The van der Waals surface area contributed by atoms with Gasteiger partial charge in [-0.3, -0.25) is 4.79 Å². The number of hydrogen-bond acceptors (Lipinski definition) is 5. The molecule has 2 fully saturated rings. The molecular weight excluding hydrogens is 320 g/mol. The summed E-state index contributed by atoms with van der Waals surface area (Å²) in [4.78, 5) is 28.0. The lowest BCUT2D eigenvalue weighted by molar-refractivity contribution is -0.136. The van der Waals surface area contributed by atoms with Gasteiger partial charge in [0.1, 0.15) is 0 Å². The van der Waals surface area contributed by atoms with Gasteiger partial charge in [0, 0.05) is 30.4 Å². The van der Waals surface area contributed by atoms with Crippen LogP contribution in [0.3, 0.4) is 0 Å². The van der Waals surface area contributed by atoms with E-state index in [0.29, 0.717) is 18.3 Å². The number of thiazole rings is 1. The van der Waals surface area contributed by atoms with Crippen LogP contribution in [-0.2, 0) is 11.2 Å². The highest BCUT2D eigenvalue weighted by Crippen LogP contribution is 2.35. The van der Waals surface area contributed by atoms with E-state index in [1.54, 1.807) is 18.5 Å². The molecule has 1 saturated carbocycles. The molecule has 2 aliphatic rings. The minimum Gasteiger partial charge on any atom is -0.339 e. The molecule has 4 rings (SSSR count). The third kappa shape index (κ3) is 3.20. The van der Waals surface area contributed by atoms with Crippen LogP contribution in [0.4, 0.5) is 0 Å². The van der Waals surface area contributed by atoms with E-state index >= 15 is 0 Å². The average molecular weight is 342 g/mol. The lowest BCUT2D eigenvalue weighted by atomic mass is 9.78. The monoisotopic (exact) mass is 342 g/mol. The molecule has 2 aromatic heterocycles. The summed E-state index contributed by atoms with van der Waals surface area (Å²) in [7, 11) is 0. The summed E-state index contributed by atoms with van der Waals surface area (Å²) in [5, 5.41) is 2.75. The van der Waals surface area contributed by atoms with Crippen LogP contribution in [0.15, 0.2) is 23.8 Å². The predicted octanol–water partition coefficient (Wildman–Crippen LogP) is 3.32. The predicted molar refractivity (Wildman–Crippen MR) is 93.5 cm³/mol. The van der Waals surface area contributed by atoms with Gasteiger partial charge in [0.25, 0.3) is 0 Å². The van der Waals surface area contributed by atoms with Gasteiger partial charge in [-0.1, -0.05) is 12.8 Å². The number of fused-ring (bicyclic) bond motifs is 1. The molecule has 6 heteroatoms. The van der Waals surface area contributed by atoms with Crippen LogP contribution >= 0.6 is 11.3 Å². The summed E-state index contributed by atoms with van der Waals surface area (Å²) >= 11 is 1.51. The summed E-state index contributed by atoms with van der Waals surface area (Å²) in [6.45, 7) is 0.915. The molecule has 2 atom stereocenters. The smallest absolute Gasteiger partial charge is 0.228 e. The summed E-state index contributed by atoms with van der Waals surface area (Å²) in [6.07, 6.45) is 11.3. The van der Waals surface area contributed by atoms with Crippen molar-refractivity contribution in [2.24, 2.45) is 5.92 Å². The maximum absolute atomic E-state index is 12.8. The minimum atomic E-state index is 0.234. The fourth-order valence-electron chi connectivity index (χ4n) is 4.09. The van der Waals surface area contributed by atoms with Crippen molar-refractivity contribution in [3.63, 3.8) is 0 Å². The van der Waals surface area contributed by atoms with Gasteiger partial charge in [0.2, 0.25) is 5.91 Å². The van der Waals surface area contributed by atoms with Crippen molar-refractivity contribution < 1.29 is 4.79 Å². The summed E-state index contributed by atoms with van der Waals surface area (Å²) in [5.74, 6) is 1.59. The maximum atomic E-state index is 12.8. The van der Waals surface area contributed by atoms with Crippen molar-refractivity contribution in [1.29, 1.82) is 0 Å². The van der Waals surface area contributed by atoms with Gasteiger partial charge >= 0.3 is 0 Å². The third-order valence-electron chi connectivity index (χ3n) is 5.20. The van der Waals surface area contributed by atoms with Gasteiger partial charge in [-0.05, 0) is 37.7 Å². The van der Waals surface area contributed by atoms with Crippen LogP contribution in [0.2, 0.25) is 0 Å².